The number of nitrogens with zero attached hydrogens (tertiary/aromatic N) is 2. The van der Waals surface area contributed by atoms with E-state index in [-0.39, 0.29) is 5.91 Å². The second-order valence-electron chi connectivity index (χ2n) is 6.32. The molecule has 0 saturated heterocycles. The third kappa shape index (κ3) is 3.61. The SMILES string of the molecule is CCc1noc(C)c1C(=O)Nc1ccc(Cc2nc3ccccc3s2)cc1. The maximum Gasteiger partial charge on any atom is 0.261 e. The van der Waals surface area contributed by atoms with E-state index < -0.39 is 0 Å². The summed E-state index contributed by atoms with van der Waals surface area (Å²) in [6.07, 6.45) is 1.43. The number of anilines is 1. The Bertz CT molecular complexity index is 1060. The molecule has 136 valence electrons. The van der Waals surface area contributed by atoms with Crippen LogP contribution in [0.25, 0.3) is 10.2 Å². The number of para-hydroxylation sites is 1. The number of carbonyl (C=O) groups is 1. The van der Waals surface area contributed by atoms with Crippen LogP contribution in [0.4, 0.5) is 5.69 Å². The van der Waals surface area contributed by atoms with Crippen molar-refractivity contribution in [3.63, 3.8) is 0 Å². The summed E-state index contributed by atoms with van der Waals surface area (Å²) in [6.45, 7) is 3.70. The van der Waals surface area contributed by atoms with Crippen molar-refractivity contribution in [1.29, 1.82) is 0 Å². The molecule has 0 saturated carbocycles. The number of hydrogen-bond donors (Lipinski definition) is 1. The van der Waals surface area contributed by atoms with E-state index in [0.29, 0.717) is 23.4 Å². The molecule has 27 heavy (non-hydrogen) atoms. The van der Waals surface area contributed by atoms with Gasteiger partial charge in [-0.25, -0.2) is 4.98 Å². The minimum Gasteiger partial charge on any atom is -0.361 e. The van der Waals surface area contributed by atoms with Gasteiger partial charge < -0.3 is 9.84 Å². The van der Waals surface area contributed by atoms with Gasteiger partial charge in [-0.15, -0.1) is 11.3 Å². The number of thiazole rings is 1. The van der Waals surface area contributed by atoms with Gasteiger partial charge in [0.2, 0.25) is 0 Å². The van der Waals surface area contributed by atoms with E-state index in [1.54, 1.807) is 18.3 Å². The smallest absolute Gasteiger partial charge is 0.261 e. The fourth-order valence-corrected chi connectivity index (χ4v) is 4.02. The van der Waals surface area contributed by atoms with E-state index >= 15 is 0 Å². The van der Waals surface area contributed by atoms with Crippen molar-refractivity contribution in [1.82, 2.24) is 10.1 Å². The van der Waals surface area contributed by atoms with E-state index in [9.17, 15) is 4.79 Å². The quantitative estimate of drug-likeness (QED) is 0.531. The van der Waals surface area contributed by atoms with Crippen molar-refractivity contribution in [2.24, 2.45) is 0 Å². The van der Waals surface area contributed by atoms with Crippen molar-refractivity contribution < 1.29 is 9.32 Å². The first-order valence-corrected chi connectivity index (χ1v) is 9.65. The lowest BCUT2D eigenvalue weighted by Crippen LogP contribution is -2.14. The van der Waals surface area contributed by atoms with Gasteiger partial charge in [0.15, 0.2) is 0 Å². The predicted molar refractivity (Wildman–Crippen MR) is 107 cm³/mol. The number of hydrogen-bond acceptors (Lipinski definition) is 5. The first kappa shape index (κ1) is 17.4. The third-order valence-corrected chi connectivity index (χ3v) is 5.44. The van der Waals surface area contributed by atoms with Crippen LogP contribution in [0.5, 0.6) is 0 Å². The van der Waals surface area contributed by atoms with Gasteiger partial charge in [-0.1, -0.05) is 36.3 Å². The minimum atomic E-state index is -0.190. The van der Waals surface area contributed by atoms with Crippen LogP contribution in [0.3, 0.4) is 0 Å². The summed E-state index contributed by atoms with van der Waals surface area (Å²) in [5, 5.41) is 7.94. The summed E-state index contributed by atoms with van der Waals surface area (Å²) in [4.78, 5) is 17.2. The Balaban J connectivity index is 1.47. The molecule has 0 bridgehead atoms. The average Bonchev–Trinajstić information content (AvgIpc) is 3.25. The van der Waals surface area contributed by atoms with Crippen molar-refractivity contribution in [3.8, 4) is 0 Å². The number of carbonyl (C=O) groups excluding carboxylic acids is 1. The Hall–Kier alpha value is -2.99. The second-order valence-corrected chi connectivity index (χ2v) is 7.43. The monoisotopic (exact) mass is 377 g/mol. The van der Waals surface area contributed by atoms with Crippen LogP contribution < -0.4 is 5.32 Å². The molecule has 0 spiro atoms. The molecule has 0 radical (unpaired) electrons. The topological polar surface area (TPSA) is 68.0 Å². The van der Waals surface area contributed by atoms with Crippen molar-refractivity contribution >= 4 is 33.1 Å². The summed E-state index contributed by atoms with van der Waals surface area (Å²) in [5.74, 6) is 0.348. The van der Waals surface area contributed by atoms with E-state index in [2.05, 4.69) is 21.5 Å². The second kappa shape index (κ2) is 7.32. The van der Waals surface area contributed by atoms with Crippen molar-refractivity contribution in [2.75, 3.05) is 5.32 Å². The molecule has 4 rings (SSSR count). The molecule has 0 fully saturated rings. The Morgan fingerprint density at radius 1 is 1.15 bits per heavy atom. The summed E-state index contributed by atoms with van der Waals surface area (Å²) >= 11 is 1.71. The molecule has 2 heterocycles. The van der Waals surface area contributed by atoms with Crippen LogP contribution in [-0.4, -0.2) is 16.0 Å². The molecule has 5 nitrogen and oxygen atoms in total. The van der Waals surface area contributed by atoms with E-state index in [1.807, 2.05) is 49.4 Å². The molecule has 0 aliphatic carbocycles. The Morgan fingerprint density at radius 2 is 1.93 bits per heavy atom. The van der Waals surface area contributed by atoms with Gasteiger partial charge in [0.05, 0.1) is 20.9 Å². The van der Waals surface area contributed by atoms with Crippen molar-refractivity contribution in [2.45, 2.75) is 26.7 Å². The van der Waals surface area contributed by atoms with Gasteiger partial charge in [-0.05, 0) is 43.2 Å². The van der Waals surface area contributed by atoms with Gasteiger partial charge in [-0.2, -0.15) is 0 Å². The van der Waals surface area contributed by atoms with E-state index in [1.165, 1.54) is 4.70 Å². The molecular weight excluding hydrogens is 358 g/mol. The van der Waals surface area contributed by atoms with Gasteiger partial charge in [-0.3, -0.25) is 4.79 Å². The molecule has 2 aromatic carbocycles. The largest absolute Gasteiger partial charge is 0.361 e. The van der Waals surface area contributed by atoms with Crippen molar-refractivity contribution in [3.05, 3.63) is 76.1 Å². The zero-order valence-electron chi connectivity index (χ0n) is 15.2. The fraction of sp³-hybridized carbons (Fsp3) is 0.190. The maximum absolute atomic E-state index is 12.5. The number of amides is 1. The molecule has 0 unspecified atom stereocenters. The molecule has 0 atom stereocenters. The number of nitrogens with one attached hydrogen (secondary N) is 1. The normalized spacial score (nSPS) is 11.0. The lowest BCUT2D eigenvalue weighted by atomic mass is 10.1. The van der Waals surface area contributed by atoms with E-state index in [4.69, 9.17) is 4.52 Å². The van der Waals surface area contributed by atoms with Crippen LogP contribution in [0.2, 0.25) is 0 Å². The third-order valence-electron chi connectivity index (χ3n) is 4.40. The fourth-order valence-electron chi connectivity index (χ4n) is 3.02. The molecule has 2 aromatic heterocycles. The Kier molecular flexibility index (Phi) is 4.73. The molecule has 1 amide bonds. The molecule has 0 aliphatic rings. The number of aromatic nitrogens is 2. The van der Waals surface area contributed by atoms with E-state index in [0.717, 1.165) is 28.2 Å². The molecule has 1 N–H and O–H groups in total. The van der Waals surface area contributed by atoms with Crippen LogP contribution in [-0.2, 0) is 12.8 Å². The number of fused-ring (bicyclic) bond motifs is 1. The highest BCUT2D eigenvalue weighted by Crippen LogP contribution is 2.24. The zero-order chi connectivity index (χ0) is 18.8. The van der Waals surface area contributed by atoms with Crippen LogP contribution >= 0.6 is 11.3 Å². The predicted octanol–water partition coefficient (Wildman–Crippen LogP) is 5.00. The molecule has 6 heteroatoms. The summed E-state index contributed by atoms with van der Waals surface area (Å²) in [6, 6.07) is 16.0. The molecule has 0 aliphatic heterocycles. The van der Waals surface area contributed by atoms with Gasteiger partial charge in [0.25, 0.3) is 5.91 Å². The number of benzene rings is 2. The highest BCUT2D eigenvalue weighted by atomic mass is 32.1. The minimum absolute atomic E-state index is 0.190. The van der Waals surface area contributed by atoms with Gasteiger partial charge >= 0.3 is 0 Å². The van der Waals surface area contributed by atoms with Gasteiger partial charge in [0, 0.05) is 12.1 Å². The molecule has 4 aromatic rings. The highest BCUT2D eigenvalue weighted by Gasteiger charge is 2.19. The number of aryl methyl sites for hydroxylation is 2. The van der Waals surface area contributed by atoms with Crippen LogP contribution in [0.1, 0.15) is 39.3 Å². The Labute approximate surface area is 161 Å². The lowest BCUT2D eigenvalue weighted by molar-refractivity contribution is 0.102. The lowest BCUT2D eigenvalue weighted by Gasteiger charge is -2.06. The summed E-state index contributed by atoms with van der Waals surface area (Å²) < 4.78 is 6.34. The van der Waals surface area contributed by atoms with Crippen LogP contribution in [0, 0.1) is 6.92 Å². The summed E-state index contributed by atoms with van der Waals surface area (Å²) in [5.41, 5.74) is 4.14. The highest BCUT2D eigenvalue weighted by molar-refractivity contribution is 7.18. The average molecular weight is 377 g/mol. The summed E-state index contributed by atoms with van der Waals surface area (Å²) in [7, 11) is 0. The Morgan fingerprint density at radius 3 is 2.67 bits per heavy atom. The first-order chi connectivity index (χ1) is 13.1. The first-order valence-electron chi connectivity index (χ1n) is 8.84. The number of rotatable bonds is 5. The standard InChI is InChI=1S/C21H19N3O2S/c1-3-16-20(13(2)26-24-16)21(25)22-15-10-8-14(9-11-15)12-19-23-17-6-4-5-7-18(17)27-19/h4-11H,3,12H2,1-2H3,(H,22,25). The molecular formula is C21H19N3O2S. The maximum atomic E-state index is 12.5. The van der Waals surface area contributed by atoms with Gasteiger partial charge in [0.1, 0.15) is 11.3 Å². The van der Waals surface area contributed by atoms with Crippen LogP contribution in [0.15, 0.2) is 53.1 Å². The zero-order valence-corrected chi connectivity index (χ0v) is 16.0.